The van der Waals surface area contributed by atoms with Crippen LogP contribution in [0, 0.1) is 17.0 Å². The number of halogens is 1. The van der Waals surface area contributed by atoms with Gasteiger partial charge in [0.05, 0.1) is 17.1 Å². The fourth-order valence-electron chi connectivity index (χ4n) is 2.31. The SMILES string of the molecule is Cc1nc(Cl)nc(NC2CCCCC2O)c1[N+](=O)[O-]. The minimum Gasteiger partial charge on any atom is -0.391 e. The van der Waals surface area contributed by atoms with Gasteiger partial charge in [0.1, 0.15) is 5.69 Å². The molecule has 7 nitrogen and oxygen atoms in total. The molecule has 0 spiro atoms. The Morgan fingerprint density at radius 3 is 2.74 bits per heavy atom. The van der Waals surface area contributed by atoms with E-state index in [-0.39, 0.29) is 28.5 Å². The van der Waals surface area contributed by atoms with Crippen LogP contribution in [0.3, 0.4) is 0 Å². The summed E-state index contributed by atoms with van der Waals surface area (Å²) in [5.41, 5.74) is 0.0139. The maximum atomic E-state index is 11.1. The fraction of sp³-hybridized carbons (Fsp3) is 0.636. The topological polar surface area (TPSA) is 101 Å². The van der Waals surface area contributed by atoms with E-state index in [4.69, 9.17) is 11.6 Å². The minimum absolute atomic E-state index is 0.0455. The van der Waals surface area contributed by atoms with Crippen LogP contribution in [0.15, 0.2) is 0 Å². The first-order valence-corrected chi connectivity index (χ1v) is 6.50. The molecule has 19 heavy (non-hydrogen) atoms. The number of nitro groups is 1. The van der Waals surface area contributed by atoms with Crippen molar-refractivity contribution in [3.05, 3.63) is 21.1 Å². The van der Waals surface area contributed by atoms with Crippen molar-refractivity contribution in [2.45, 2.75) is 44.8 Å². The number of anilines is 1. The third kappa shape index (κ3) is 3.10. The summed E-state index contributed by atoms with van der Waals surface area (Å²) in [6.45, 7) is 1.51. The highest BCUT2D eigenvalue weighted by Gasteiger charge is 2.28. The Morgan fingerprint density at radius 1 is 1.42 bits per heavy atom. The molecule has 2 atom stereocenters. The lowest BCUT2D eigenvalue weighted by molar-refractivity contribution is -0.385. The molecule has 1 saturated carbocycles. The molecular weight excluding hydrogens is 272 g/mol. The first-order valence-electron chi connectivity index (χ1n) is 6.12. The summed E-state index contributed by atoms with van der Waals surface area (Å²) in [5.74, 6) is 0.0773. The monoisotopic (exact) mass is 286 g/mol. The van der Waals surface area contributed by atoms with Crippen molar-refractivity contribution >= 4 is 23.1 Å². The molecule has 8 heteroatoms. The van der Waals surface area contributed by atoms with Crippen LogP contribution in [-0.2, 0) is 0 Å². The number of aliphatic hydroxyl groups excluding tert-OH is 1. The van der Waals surface area contributed by atoms with Crippen LogP contribution in [-0.4, -0.2) is 32.1 Å². The van der Waals surface area contributed by atoms with Crippen molar-refractivity contribution in [2.24, 2.45) is 0 Å². The Hall–Kier alpha value is -1.47. The molecule has 0 amide bonds. The Balaban J connectivity index is 2.30. The number of hydrogen-bond acceptors (Lipinski definition) is 6. The predicted molar refractivity (Wildman–Crippen MR) is 70.3 cm³/mol. The highest BCUT2D eigenvalue weighted by atomic mass is 35.5. The van der Waals surface area contributed by atoms with Crippen LogP contribution >= 0.6 is 11.6 Å². The van der Waals surface area contributed by atoms with Crippen molar-refractivity contribution in [3.63, 3.8) is 0 Å². The van der Waals surface area contributed by atoms with Gasteiger partial charge in [-0.15, -0.1) is 0 Å². The van der Waals surface area contributed by atoms with Gasteiger partial charge in [0, 0.05) is 0 Å². The number of nitrogens with one attached hydrogen (secondary N) is 1. The van der Waals surface area contributed by atoms with E-state index < -0.39 is 11.0 Å². The summed E-state index contributed by atoms with van der Waals surface area (Å²) < 4.78 is 0. The molecule has 0 saturated heterocycles. The zero-order valence-electron chi connectivity index (χ0n) is 10.5. The maximum absolute atomic E-state index is 11.1. The van der Waals surface area contributed by atoms with Crippen molar-refractivity contribution in [2.75, 3.05) is 5.32 Å². The van der Waals surface area contributed by atoms with Crippen LogP contribution in [0.2, 0.25) is 5.28 Å². The number of rotatable bonds is 3. The lowest BCUT2D eigenvalue weighted by Gasteiger charge is -2.28. The highest BCUT2D eigenvalue weighted by Crippen LogP contribution is 2.29. The molecule has 1 aromatic rings. The molecule has 1 fully saturated rings. The van der Waals surface area contributed by atoms with Gasteiger partial charge in [0.25, 0.3) is 0 Å². The number of nitrogens with zero attached hydrogens (tertiary/aromatic N) is 3. The zero-order valence-corrected chi connectivity index (χ0v) is 11.2. The van der Waals surface area contributed by atoms with Crippen molar-refractivity contribution in [1.29, 1.82) is 0 Å². The number of aryl methyl sites for hydroxylation is 1. The molecule has 1 heterocycles. The van der Waals surface area contributed by atoms with Gasteiger partial charge in [-0.3, -0.25) is 10.1 Å². The lowest BCUT2D eigenvalue weighted by atomic mass is 9.92. The maximum Gasteiger partial charge on any atom is 0.332 e. The summed E-state index contributed by atoms with van der Waals surface area (Å²) in [7, 11) is 0. The number of aliphatic hydroxyl groups is 1. The molecular formula is C11H15ClN4O3. The molecule has 1 aromatic heterocycles. The second kappa shape index (κ2) is 5.66. The van der Waals surface area contributed by atoms with Gasteiger partial charge in [0.15, 0.2) is 0 Å². The van der Waals surface area contributed by atoms with Crippen LogP contribution in [0.1, 0.15) is 31.4 Å². The predicted octanol–water partition coefficient (Wildman–Crippen LogP) is 2.06. The first kappa shape index (κ1) is 14.0. The highest BCUT2D eigenvalue weighted by molar-refractivity contribution is 6.28. The first-order chi connectivity index (χ1) is 8.99. The quantitative estimate of drug-likeness (QED) is 0.501. The van der Waals surface area contributed by atoms with Gasteiger partial charge in [0.2, 0.25) is 11.1 Å². The molecule has 1 aliphatic carbocycles. The average molecular weight is 287 g/mol. The second-order valence-corrected chi connectivity index (χ2v) is 4.97. The third-order valence-corrected chi connectivity index (χ3v) is 3.43. The van der Waals surface area contributed by atoms with Crippen molar-refractivity contribution in [1.82, 2.24) is 9.97 Å². The van der Waals surface area contributed by atoms with Gasteiger partial charge >= 0.3 is 5.69 Å². The van der Waals surface area contributed by atoms with Gasteiger partial charge in [-0.25, -0.2) is 4.98 Å². The summed E-state index contributed by atoms with van der Waals surface area (Å²) in [4.78, 5) is 18.2. The van der Waals surface area contributed by atoms with Crippen molar-refractivity contribution < 1.29 is 10.0 Å². The van der Waals surface area contributed by atoms with Crippen LogP contribution in [0.4, 0.5) is 11.5 Å². The lowest BCUT2D eigenvalue weighted by Crippen LogP contribution is -2.36. The molecule has 1 aliphatic rings. The summed E-state index contributed by atoms with van der Waals surface area (Å²) >= 11 is 5.73. The Labute approximate surface area is 115 Å². The summed E-state index contributed by atoms with van der Waals surface area (Å²) in [5, 5.41) is 23.8. The van der Waals surface area contributed by atoms with Crippen LogP contribution in [0.5, 0.6) is 0 Å². The Morgan fingerprint density at radius 2 is 2.11 bits per heavy atom. The van der Waals surface area contributed by atoms with E-state index in [1.807, 2.05) is 0 Å². The molecule has 0 aromatic carbocycles. The molecule has 2 rings (SSSR count). The zero-order chi connectivity index (χ0) is 14.0. The summed E-state index contributed by atoms with van der Waals surface area (Å²) in [6.07, 6.45) is 2.84. The molecule has 104 valence electrons. The Kier molecular flexibility index (Phi) is 4.16. The smallest absolute Gasteiger partial charge is 0.332 e. The standard InChI is InChI=1S/C11H15ClN4O3/c1-6-9(16(18)19)10(15-11(12)13-6)14-7-4-2-3-5-8(7)17/h7-8,17H,2-5H2,1H3,(H,13,14,15). The van der Waals surface area contributed by atoms with Gasteiger partial charge < -0.3 is 10.4 Å². The van der Waals surface area contributed by atoms with Gasteiger partial charge in [-0.2, -0.15) is 4.98 Å². The number of aromatic nitrogens is 2. The normalized spacial score (nSPS) is 23.1. The van der Waals surface area contributed by atoms with E-state index in [0.717, 1.165) is 19.3 Å². The van der Waals surface area contributed by atoms with Crippen molar-refractivity contribution in [3.8, 4) is 0 Å². The molecule has 2 N–H and O–H groups in total. The van der Waals surface area contributed by atoms with Gasteiger partial charge in [-0.05, 0) is 31.4 Å². The molecule has 0 bridgehead atoms. The van der Waals surface area contributed by atoms with E-state index in [1.165, 1.54) is 6.92 Å². The van der Waals surface area contributed by atoms with E-state index in [2.05, 4.69) is 15.3 Å². The molecule has 0 radical (unpaired) electrons. The molecule has 0 aliphatic heterocycles. The third-order valence-electron chi connectivity index (χ3n) is 3.27. The van der Waals surface area contributed by atoms with E-state index in [1.54, 1.807) is 0 Å². The largest absolute Gasteiger partial charge is 0.391 e. The van der Waals surface area contributed by atoms with E-state index in [0.29, 0.717) is 6.42 Å². The fourth-order valence-corrected chi connectivity index (χ4v) is 2.52. The Bertz CT molecular complexity index is 497. The second-order valence-electron chi connectivity index (χ2n) is 4.64. The van der Waals surface area contributed by atoms with E-state index in [9.17, 15) is 15.2 Å². The van der Waals surface area contributed by atoms with Crippen LogP contribution < -0.4 is 5.32 Å². The summed E-state index contributed by atoms with van der Waals surface area (Å²) in [6, 6.07) is -0.238. The van der Waals surface area contributed by atoms with E-state index >= 15 is 0 Å². The number of hydrogen-bond donors (Lipinski definition) is 2. The average Bonchev–Trinajstić information content (AvgIpc) is 2.30. The minimum atomic E-state index is -0.538. The van der Waals surface area contributed by atoms with Crippen LogP contribution in [0.25, 0.3) is 0 Å². The van der Waals surface area contributed by atoms with Gasteiger partial charge in [-0.1, -0.05) is 12.8 Å². The molecule has 2 unspecified atom stereocenters.